The summed E-state index contributed by atoms with van der Waals surface area (Å²) in [6.45, 7) is 2.35. The van der Waals surface area contributed by atoms with Crippen molar-refractivity contribution in [3.63, 3.8) is 0 Å². The summed E-state index contributed by atoms with van der Waals surface area (Å²) in [7, 11) is 0. The first kappa shape index (κ1) is 16.6. The molecule has 0 aromatic carbocycles. The minimum atomic E-state index is -0.0793. The topological polar surface area (TPSA) is 60.5 Å². The van der Waals surface area contributed by atoms with Gasteiger partial charge in [0.15, 0.2) is 0 Å². The van der Waals surface area contributed by atoms with E-state index >= 15 is 0 Å². The van der Waals surface area contributed by atoms with Gasteiger partial charge in [-0.3, -0.25) is 9.78 Å². The Morgan fingerprint density at radius 2 is 2.19 bits per heavy atom. The van der Waals surface area contributed by atoms with Crippen LogP contribution < -0.4 is 0 Å². The summed E-state index contributed by atoms with van der Waals surface area (Å²) in [6.07, 6.45) is 7.37. The highest BCUT2D eigenvalue weighted by Gasteiger charge is 2.25. The number of furan rings is 1. The van der Waals surface area contributed by atoms with Gasteiger partial charge in [-0.2, -0.15) is 0 Å². The van der Waals surface area contributed by atoms with Crippen molar-refractivity contribution in [2.45, 2.75) is 32.2 Å². The van der Waals surface area contributed by atoms with E-state index in [0.29, 0.717) is 25.5 Å². The van der Waals surface area contributed by atoms with Gasteiger partial charge in [0.2, 0.25) is 5.91 Å². The number of nitrogens with zero attached hydrogens (tertiary/aromatic N) is 3. The Bertz CT molecular complexity index is 842. The number of aromatic nitrogens is 2. The maximum atomic E-state index is 12.8. The molecule has 0 saturated heterocycles. The molecular formula is C20H21N3O3. The Kier molecular flexibility index (Phi) is 4.84. The molecule has 3 aromatic heterocycles. The van der Waals surface area contributed by atoms with Gasteiger partial charge in [0, 0.05) is 30.8 Å². The molecule has 3 aromatic rings. The van der Waals surface area contributed by atoms with Gasteiger partial charge in [-0.15, -0.1) is 0 Å². The van der Waals surface area contributed by atoms with E-state index < -0.39 is 0 Å². The number of fused-ring (bicyclic) bond motifs is 1. The zero-order valence-electron chi connectivity index (χ0n) is 14.5. The standard InChI is InChI=1S/C20H21N3O3/c24-20(10-18-6-3-9-25-18)23-12-17-5-2-8-22(17)13-19(14-23)26-15-16-4-1-7-21-11-16/h1-9,11,19H,10,12-15H2. The predicted molar refractivity (Wildman–Crippen MR) is 95.1 cm³/mol. The van der Waals surface area contributed by atoms with E-state index in [0.717, 1.165) is 17.8 Å². The molecule has 4 rings (SSSR count). The molecule has 1 amide bonds. The highest BCUT2D eigenvalue weighted by molar-refractivity contribution is 5.78. The molecule has 134 valence electrons. The lowest BCUT2D eigenvalue weighted by Crippen LogP contribution is -2.38. The molecular weight excluding hydrogens is 330 g/mol. The Morgan fingerprint density at radius 1 is 1.23 bits per heavy atom. The van der Waals surface area contributed by atoms with Gasteiger partial charge in [-0.05, 0) is 35.9 Å². The molecule has 0 spiro atoms. The maximum absolute atomic E-state index is 12.8. The van der Waals surface area contributed by atoms with Crippen LogP contribution in [0.1, 0.15) is 17.0 Å². The summed E-state index contributed by atoms with van der Waals surface area (Å²) in [4.78, 5) is 18.7. The number of pyridine rings is 1. The van der Waals surface area contributed by atoms with E-state index in [1.807, 2.05) is 35.4 Å². The van der Waals surface area contributed by atoms with E-state index in [1.54, 1.807) is 24.7 Å². The third-order valence-electron chi connectivity index (χ3n) is 4.57. The third kappa shape index (κ3) is 3.86. The minimum absolute atomic E-state index is 0.0459. The fourth-order valence-electron chi connectivity index (χ4n) is 3.22. The first-order chi connectivity index (χ1) is 12.8. The van der Waals surface area contributed by atoms with Gasteiger partial charge in [-0.25, -0.2) is 0 Å². The zero-order chi connectivity index (χ0) is 17.8. The molecule has 0 fully saturated rings. The third-order valence-corrected chi connectivity index (χ3v) is 4.57. The van der Waals surface area contributed by atoms with Crippen molar-refractivity contribution in [3.05, 3.63) is 78.3 Å². The molecule has 0 aliphatic carbocycles. The van der Waals surface area contributed by atoms with Crippen molar-refractivity contribution in [2.75, 3.05) is 6.54 Å². The molecule has 0 radical (unpaired) electrons. The number of ether oxygens (including phenoxy) is 1. The Labute approximate surface area is 152 Å². The molecule has 0 saturated carbocycles. The van der Waals surface area contributed by atoms with E-state index in [1.165, 1.54) is 0 Å². The molecule has 6 nitrogen and oxygen atoms in total. The number of hydrogen-bond acceptors (Lipinski definition) is 4. The number of carbonyl (C=O) groups excluding carboxylic acids is 1. The van der Waals surface area contributed by atoms with Crippen LogP contribution in [0.5, 0.6) is 0 Å². The summed E-state index contributed by atoms with van der Waals surface area (Å²) in [5, 5.41) is 0. The SMILES string of the molecule is O=C(Cc1ccco1)N1Cc2cccn2CC(OCc2cccnc2)C1. The van der Waals surface area contributed by atoms with Crippen LogP contribution in [0.2, 0.25) is 0 Å². The van der Waals surface area contributed by atoms with Gasteiger partial charge < -0.3 is 18.6 Å². The van der Waals surface area contributed by atoms with Crippen molar-refractivity contribution in [1.29, 1.82) is 0 Å². The first-order valence-electron chi connectivity index (χ1n) is 8.72. The van der Waals surface area contributed by atoms with Gasteiger partial charge in [0.25, 0.3) is 0 Å². The van der Waals surface area contributed by atoms with Gasteiger partial charge >= 0.3 is 0 Å². The molecule has 1 atom stereocenters. The summed E-state index contributed by atoms with van der Waals surface area (Å²) in [5.74, 6) is 0.729. The minimum Gasteiger partial charge on any atom is -0.469 e. The average Bonchev–Trinajstić information content (AvgIpc) is 3.29. The normalized spacial score (nSPS) is 16.9. The molecule has 0 N–H and O–H groups in total. The number of carbonyl (C=O) groups is 1. The molecule has 0 bridgehead atoms. The molecule has 6 heteroatoms. The van der Waals surface area contributed by atoms with E-state index in [2.05, 4.69) is 15.6 Å². The van der Waals surface area contributed by atoms with Crippen LogP contribution in [-0.4, -0.2) is 33.0 Å². The predicted octanol–water partition coefficient (Wildman–Crippen LogP) is 2.65. The van der Waals surface area contributed by atoms with Crippen molar-refractivity contribution in [2.24, 2.45) is 0 Å². The van der Waals surface area contributed by atoms with Crippen molar-refractivity contribution < 1.29 is 13.9 Å². The number of amides is 1. The fourth-order valence-corrected chi connectivity index (χ4v) is 3.22. The summed E-state index contributed by atoms with van der Waals surface area (Å²) >= 11 is 0. The molecule has 26 heavy (non-hydrogen) atoms. The Balaban J connectivity index is 1.47. The smallest absolute Gasteiger partial charge is 0.230 e. The van der Waals surface area contributed by atoms with E-state index in [9.17, 15) is 4.79 Å². The highest BCUT2D eigenvalue weighted by Crippen LogP contribution is 2.18. The molecule has 1 aliphatic rings. The van der Waals surface area contributed by atoms with Gasteiger partial charge in [0.1, 0.15) is 5.76 Å². The van der Waals surface area contributed by atoms with Crippen molar-refractivity contribution in [1.82, 2.24) is 14.5 Å². The summed E-state index contributed by atoms with van der Waals surface area (Å²) in [6, 6.07) is 11.6. The first-order valence-corrected chi connectivity index (χ1v) is 8.72. The number of rotatable bonds is 5. The summed E-state index contributed by atoms with van der Waals surface area (Å²) in [5.41, 5.74) is 2.14. The second kappa shape index (κ2) is 7.58. The molecule has 1 unspecified atom stereocenters. The zero-order valence-corrected chi connectivity index (χ0v) is 14.5. The summed E-state index contributed by atoms with van der Waals surface area (Å²) < 4.78 is 13.6. The fraction of sp³-hybridized carbons (Fsp3) is 0.300. The molecule has 4 heterocycles. The molecule has 1 aliphatic heterocycles. The number of hydrogen-bond donors (Lipinski definition) is 0. The van der Waals surface area contributed by atoms with Crippen LogP contribution in [0.3, 0.4) is 0 Å². The van der Waals surface area contributed by atoms with Gasteiger partial charge in [-0.1, -0.05) is 6.07 Å². The maximum Gasteiger partial charge on any atom is 0.230 e. The Morgan fingerprint density at radius 3 is 3.00 bits per heavy atom. The second-order valence-electron chi connectivity index (χ2n) is 6.48. The Hall–Kier alpha value is -2.86. The van der Waals surface area contributed by atoms with Crippen molar-refractivity contribution >= 4 is 5.91 Å². The monoisotopic (exact) mass is 351 g/mol. The average molecular weight is 351 g/mol. The van der Waals surface area contributed by atoms with Crippen molar-refractivity contribution in [3.8, 4) is 0 Å². The largest absolute Gasteiger partial charge is 0.469 e. The van der Waals surface area contributed by atoms with Crippen LogP contribution in [-0.2, 0) is 35.6 Å². The highest BCUT2D eigenvalue weighted by atomic mass is 16.5. The quantitative estimate of drug-likeness (QED) is 0.709. The second-order valence-corrected chi connectivity index (χ2v) is 6.48. The van der Waals surface area contributed by atoms with Crippen LogP contribution >= 0.6 is 0 Å². The van der Waals surface area contributed by atoms with E-state index in [-0.39, 0.29) is 18.4 Å². The lowest BCUT2D eigenvalue weighted by molar-refractivity contribution is -0.133. The van der Waals surface area contributed by atoms with Gasteiger partial charge in [0.05, 0.1) is 38.5 Å². The van der Waals surface area contributed by atoms with Crippen LogP contribution in [0, 0.1) is 0 Å². The lowest BCUT2D eigenvalue weighted by atomic mass is 10.2. The van der Waals surface area contributed by atoms with Crippen LogP contribution in [0.25, 0.3) is 0 Å². The van der Waals surface area contributed by atoms with Crippen LogP contribution in [0.15, 0.2) is 65.7 Å². The lowest BCUT2D eigenvalue weighted by Gasteiger charge is -2.24. The van der Waals surface area contributed by atoms with Crippen LogP contribution in [0.4, 0.5) is 0 Å². The van der Waals surface area contributed by atoms with E-state index in [4.69, 9.17) is 9.15 Å².